The highest BCUT2D eigenvalue weighted by atomic mass is 16.6. The van der Waals surface area contributed by atoms with Gasteiger partial charge in [-0.3, -0.25) is 14.5 Å². The third-order valence-corrected chi connectivity index (χ3v) is 6.93. The van der Waals surface area contributed by atoms with E-state index in [4.69, 9.17) is 11.2 Å². The first-order valence-electron chi connectivity index (χ1n) is 13.0. The molecule has 2 rings (SSSR count). The first-order valence-corrected chi connectivity index (χ1v) is 13.0. The maximum atomic E-state index is 13.9. The molecule has 7 heteroatoms. The molecule has 36 heavy (non-hydrogen) atoms. The largest absolute Gasteiger partial charge is 0.444 e. The molecule has 198 valence electrons. The second-order valence-corrected chi connectivity index (χ2v) is 10.9. The second kappa shape index (κ2) is 12.8. The van der Waals surface area contributed by atoms with E-state index in [9.17, 15) is 14.4 Å². The Kier molecular flexibility index (Phi) is 10.4. The summed E-state index contributed by atoms with van der Waals surface area (Å²) in [6.07, 6.45) is 10.9. The van der Waals surface area contributed by atoms with Crippen LogP contribution in [0.2, 0.25) is 0 Å². The summed E-state index contributed by atoms with van der Waals surface area (Å²) in [7, 11) is 0. The van der Waals surface area contributed by atoms with Crippen LogP contribution in [-0.2, 0) is 14.3 Å². The van der Waals surface area contributed by atoms with Gasteiger partial charge in [-0.05, 0) is 70.1 Å². The molecule has 7 nitrogen and oxygen atoms in total. The van der Waals surface area contributed by atoms with Crippen molar-refractivity contribution < 1.29 is 19.1 Å². The van der Waals surface area contributed by atoms with E-state index in [-0.39, 0.29) is 17.9 Å². The van der Waals surface area contributed by atoms with E-state index in [1.165, 1.54) is 0 Å². The van der Waals surface area contributed by atoms with E-state index in [0.29, 0.717) is 12.0 Å². The highest BCUT2D eigenvalue weighted by molar-refractivity contribution is 5.93. The molecule has 0 saturated heterocycles. The van der Waals surface area contributed by atoms with Gasteiger partial charge in [0.25, 0.3) is 5.91 Å². The van der Waals surface area contributed by atoms with E-state index < -0.39 is 29.7 Å². The molecular weight excluding hydrogens is 454 g/mol. The second-order valence-electron chi connectivity index (χ2n) is 10.9. The van der Waals surface area contributed by atoms with Crippen LogP contribution in [0, 0.1) is 32.2 Å². The number of hydrogen-bond donors (Lipinski definition) is 2. The van der Waals surface area contributed by atoms with Gasteiger partial charge in [0, 0.05) is 12.1 Å². The van der Waals surface area contributed by atoms with Gasteiger partial charge in [-0.2, -0.15) is 0 Å². The van der Waals surface area contributed by atoms with Gasteiger partial charge < -0.3 is 15.4 Å². The van der Waals surface area contributed by atoms with Crippen molar-refractivity contribution in [2.75, 3.05) is 0 Å². The fraction of sp³-hybridized carbons (Fsp3) is 0.621. The molecule has 3 unspecified atom stereocenters. The monoisotopic (exact) mass is 497 g/mol. The number of ether oxygens (including phenoxy) is 1. The molecule has 1 aromatic rings. The van der Waals surface area contributed by atoms with E-state index in [2.05, 4.69) is 16.7 Å². The summed E-state index contributed by atoms with van der Waals surface area (Å²) in [5.41, 5.74) is 1.85. The van der Waals surface area contributed by atoms with Crippen molar-refractivity contribution >= 4 is 17.9 Å². The van der Waals surface area contributed by atoms with E-state index >= 15 is 0 Å². The topological polar surface area (TPSA) is 87.7 Å². The van der Waals surface area contributed by atoms with Gasteiger partial charge in [0.05, 0.1) is 0 Å². The molecule has 3 amide bonds. The maximum Gasteiger partial charge on any atom is 0.408 e. The number of aryl methyl sites for hydroxylation is 1. The predicted octanol–water partition coefficient (Wildman–Crippen LogP) is 5.15. The number of terminal acetylenes is 1. The van der Waals surface area contributed by atoms with Gasteiger partial charge in [0.15, 0.2) is 0 Å². The normalized spacial score (nSPS) is 16.7. The highest BCUT2D eigenvalue weighted by Gasteiger charge is 2.39. The fourth-order valence-corrected chi connectivity index (χ4v) is 4.53. The molecule has 0 aliphatic heterocycles. The lowest BCUT2D eigenvalue weighted by molar-refractivity contribution is -0.139. The molecule has 1 saturated carbocycles. The molecular formula is C29H43N3O4. The SMILES string of the molecule is C#CN(C(=O)C(NC(=O)OC(C)(C)C)C(C)CC)C(C(=O)NC1CCCCC1)c1cccc(C)c1C. The summed E-state index contributed by atoms with van der Waals surface area (Å²) >= 11 is 0. The van der Waals surface area contributed by atoms with Crippen molar-refractivity contribution in [3.63, 3.8) is 0 Å². The number of carbonyl (C=O) groups is 3. The summed E-state index contributed by atoms with van der Waals surface area (Å²) in [6, 6.07) is 6.23. The molecule has 0 spiro atoms. The van der Waals surface area contributed by atoms with Crippen LogP contribution in [0.4, 0.5) is 4.79 Å². The smallest absolute Gasteiger partial charge is 0.408 e. The first kappa shape index (κ1) is 29.2. The zero-order chi connectivity index (χ0) is 27.0. The van der Waals surface area contributed by atoms with Gasteiger partial charge in [-0.15, -0.1) is 0 Å². The number of benzene rings is 1. The van der Waals surface area contributed by atoms with Crippen molar-refractivity contribution in [1.82, 2.24) is 15.5 Å². The lowest BCUT2D eigenvalue weighted by Gasteiger charge is -2.34. The molecule has 1 aliphatic carbocycles. The van der Waals surface area contributed by atoms with Gasteiger partial charge in [0.2, 0.25) is 5.91 Å². The molecule has 0 aromatic heterocycles. The van der Waals surface area contributed by atoms with Crippen LogP contribution < -0.4 is 10.6 Å². The van der Waals surface area contributed by atoms with Gasteiger partial charge >= 0.3 is 6.09 Å². The first-order chi connectivity index (χ1) is 16.9. The number of rotatable bonds is 8. The average Bonchev–Trinajstić information content (AvgIpc) is 2.81. The summed E-state index contributed by atoms with van der Waals surface area (Å²) < 4.78 is 5.40. The van der Waals surface area contributed by atoms with Crippen LogP contribution >= 0.6 is 0 Å². The summed E-state index contributed by atoms with van der Waals surface area (Å²) in [5.74, 6) is -1.05. The van der Waals surface area contributed by atoms with Gasteiger partial charge in [0.1, 0.15) is 17.7 Å². The Labute approximate surface area is 216 Å². The molecule has 0 heterocycles. The third-order valence-electron chi connectivity index (χ3n) is 6.93. The molecule has 1 fully saturated rings. The third kappa shape index (κ3) is 7.74. The van der Waals surface area contributed by atoms with Crippen LogP contribution in [0.5, 0.6) is 0 Å². The number of alkyl carbamates (subject to hydrolysis) is 1. The lowest BCUT2D eigenvalue weighted by Crippen LogP contribution is -2.54. The zero-order valence-corrected chi connectivity index (χ0v) is 22.9. The summed E-state index contributed by atoms with van der Waals surface area (Å²) in [4.78, 5) is 41.4. The molecule has 0 radical (unpaired) electrons. The maximum absolute atomic E-state index is 13.9. The number of nitrogens with zero attached hydrogens (tertiary/aromatic N) is 1. The quantitative estimate of drug-likeness (QED) is 0.384. The molecule has 1 aliphatic rings. The summed E-state index contributed by atoms with van der Waals surface area (Å²) in [6.45, 7) is 13.0. The van der Waals surface area contributed by atoms with Gasteiger partial charge in [-0.25, -0.2) is 4.79 Å². The number of hydrogen-bond acceptors (Lipinski definition) is 4. The Morgan fingerprint density at radius 1 is 1.17 bits per heavy atom. The Bertz CT molecular complexity index is 970. The van der Waals surface area contributed by atoms with Crippen LogP contribution in [0.3, 0.4) is 0 Å². The number of nitrogens with one attached hydrogen (secondary N) is 2. The van der Waals surface area contributed by atoms with Gasteiger partial charge in [-0.1, -0.05) is 64.2 Å². The molecule has 0 bridgehead atoms. The summed E-state index contributed by atoms with van der Waals surface area (Å²) in [5, 5.41) is 5.86. The Hall–Kier alpha value is -3.01. The molecule has 1 aromatic carbocycles. The van der Waals surface area contributed by atoms with Crippen LogP contribution in [-0.4, -0.2) is 40.5 Å². The average molecular weight is 498 g/mol. The number of carbonyl (C=O) groups excluding carboxylic acids is 3. The fourth-order valence-electron chi connectivity index (χ4n) is 4.53. The van der Waals surface area contributed by atoms with Crippen molar-refractivity contribution in [1.29, 1.82) is 0 Å². The zero-order valence-electron chi connectivity index (χ0n) is 22.9. The van der Waals surface area contributed by atoms with Crippen LogP contribution in [0.1, 0.15) is 95.9 Å². The minimum Gasteiger partial charge on any atom is -0.444 e. The predicted molar refractivity (Wildman–Crippen MR) is 142 cm³/mol. The van der Waals surface area contributed by atoms with Crippen molar-refractivity contribution in [2.24, 2.45) is 5.92 Å². The Morgan fingerprint density at radius 3 is 2.36 bits per heavy atom. The van der Waals surface area contributed by atoms with E-state index in [0.717, 1.165) is 48.1 Å². The standard InChI is InChI=1S/C29H43N3O4/c1-9-19(3)24(31-28(35)36-29(6,7)8)27(34)32(10-2)25(23-18-14-15-20(4)21(23)5)26(33)30-22-16-12-11-13-17-22/h2,14-15,18-19,22,24-25H,9,11-13,16-17H2,1,3-8H3,(H,30,33)(H,31,35). The molecule has 2 N–H and O–H groups in total. The van der Waals surface area contributed by atoms with E-state index in [1.54, 1.807) is 20.8 Å². The number of amides is 3. The minimum atomic E-state index is -1.02. The van der Waals surface area contributed by atoms with E-state index in [1.807, 2.05) is 45.9 Å². The minimum absolute atomic E-state index is 0.0545. The Balaban J connectivity index is 2.46. The van der Waals surface area contributed by atoms with Crippen molar-refractivity contribution in [3.05, 3.63) is 34.9 Å². The van der Waals surface area contributed by atoms with Crippen molar-refractivity contribution in [2.45, 2.75) is 111 Å². The van der Waals surface area contributed by atoms with Crippen molar-refractivity contribution in [3.8, 4) is 12.5 Å². The molecule has 3 atom stereocenters. The highest BCUT2D eigenvalue weighted by Crippen LogP contribution is 2.29. The van der Waals surface area contributed by atoms with Crippen LogP contribution in [0.15, 0.2) is 18.2 Å². The van der Waals surface area contributed by atoms with Crippen LogP contribution in [0.25, 0.3) is 0 Å². The lowest BCUT2D eigenvalue weighted by atomic mass is 9.92. The Morgan fingerprint density at radius 2 is 1.81 bits per heavy atom.